The number of thiazole rings is 1. The molecule has 0 spiro atoms. The molecule has 1 N–H and O–H groups in total. The third-order valence-corrected chi connectivity index (χ3v) is 5.76. The Hall–Kier alpha value is -2.44. The number of furan rings is 1. The molecule has 0 saturated heterocycles. The summed E-state index contributed by atoms with van der Waals surface area (Å²) in [5.74, 6) is 0.733. The van der Waals surface area contributed by atoms with Crippen molar-refractivity contribution < 1.29 is 9.21 Å². The number of nitrogens with one attached hydrogen (secondary N) is 1. The van der Waals surface area contributed by atoms with E-state index in [9.17, 15) is 4.79 Å². The molecule has 3 aromatic rings. The molecule has 1 aromatic carbocycles. The van der Waals surface area contributed by atoms with Crippen LogP contribution in [0, 0.1) is 20.8 Å². The van der Waals surface area contributed by atoms with Crippen LogP contribution < -0.4 is 5.32 Å². The van der Waals surface area contributed by atoms with Gasteiger partial charge in [-0.2, -0.15) is 0 Å². The standard InChI is InChI=1S/C21H25N3O2S/c1-13-8-9-16(14(2)11-13)21-23-15(3)19(27-21)20(25)22-12-17(24(4)5)18-7-6-10-26-18/h6-11,17H,12H2,1-5H3,(H,22,25). The van der Waals surface area contributed by atoms with E-state index in [1.807, 2.05) is 38.1 Å². The second-order valence-corrected chi connectivity index (χ2v) is 7.96. The molecule has 2 heterocycles. The van der Waals surface area contributed by atoms with Crippen LogP contribution in [0.3, 0.4) is 0 Å². The second kappa shape index (κ2) is 8.06. The quantitative estimate of drug-likeness (QED) is 0.687. The minimum atomic E-state index is -0.0978. The van der Waals surface area contributed by atoms with Gasteiger partial charge in [0.1, 0.15) is 15.6 Å². The average Bonchev–Trinajstić information content (AvgIpc) is 3.24. The zero-order valence-corrected chi connectivity index (χ0v) is 17.2. The zero-order valence-electron chi connectivity index (χ0n) is 16.4. The minimum absolute atomic E-state index is 0.0176. The summed E-state index contributed by atoms with van der Waals surface area (Å²) in [6.07, 6.45) is 1.65. The number of hydrogen-bond acceptors (Lipinski definition) is 5. The summed E-state index contributed by atoms with van der Waals surface area (Å²) < 4.78 is 5.50. The molecule has 1 unspecified atom stereocenters. The van der Waals surface area contributed by atoms with Gasteiger partial charge in [-0.05, 0) is 52.6 Å². The summed E-state index contributed by atoms with van der Waals surface area (Å²) in [5.41, 5.74) is 4.22. The predicted octanol–water partition coefficient (Wildman–Crippen LogP) is 4.36. The van der Waals surface area contributed by atoms with Gasteiger partial charge < -0.3 is 9.73 Å². The summed E-state index contributed by atoms with van der Waals surface area (Å²) in [6.45, 7) is 6.50. The number of amides is 1. The van der Waals surface area contributed by atoms with Gasteiger partial charge in [0.2, 0.25) is 0 Å². The van der Waals surface area contributed by atoms with Crippen LogP contribution >= 0.6 is 11.3 Å². The van der Waals surface area contributed by atoms with Gasteiger partial charge in [-0.15, -0.1) is 11.3 Å². The molecule has 1 amide bonds. The van der Waals surface area contributed by atoms with Gasteiger partial charge in [0.25, 0.3) is 5.91 Å². The van der Waals surface area contributed by atoms with E-state index in [1.165, 1.54) is 22.5 Å². The topological polar surface area (TPSA) is 58.4 Å². The fraction of sp³-hybridized carbons (Fsp3) is 0.333. The molecule has 0 aliphatic heterocycles. The van der Waals surface area contributed by atoms with Crippen molar-refractivity contribution in [1.82, 2.24) is 15.2 Å². The lowest BCUT2D eigenvalue weighted by Crippen LogP contribution is -2.34. The van der Waals surface area contributed by atoms with Crippen LogP contribution in [0.15, 0.2) is 41.0 Å². The van der Waals surface area contributed by atoms with Crippen molar-refractivity contribution in [3.05, 3.63) is 64.1 Å². The van der Waals surface area contributed by atoms with Crippen molar-refractivity contribution in [1.29, 1.82) is 0 Å². The molecule has 0 aliphatic carbocycles. The molecular weight excluding hydrogens is 358 g/mol. The van der Waals surface area contributed by atoms with Crippen molar-refractivity contribution in [2.75, 3.05) is 20.6 Å². The van der Waals surface area contributed by atoms with Crippen LogP contribution in [0.1, 0.15) is 38.3 Å². The average molecular weight is 384 g/mol. The number of carbonyl (C=O) groups excluding carboxylic acids is 1. The lowest BCUT2D eigenvalue weighted by molar-refractivity contribution is 0.0942. The highest BCUT2D eigenvalue weighted by Crippen LogP contribution is 2.30. The maximum Gasteiger partial charge on any atom is 0.263 e. The third-order valence-electron chi connectivity index (χ3n) is 4.57. The van der Waals surface area contributed by atoms with Crippen LogP contribution in [-0.4, -0.2) is 36.4 Å². The van der Waals surface area contributed by atoms with Gasteiger partial charge in [-0.25, -0.2) is 4.98 Å². The SMILES string of the molecule is Cc1ccc(-c2nc(C)c(C(=O)NCC(c3ccco3)N(C)C)s2)c(C)c1. The summed E-state index contributed by atoms with van der Waals surface area (Å²) in [5, 5.41) is 3.91. The number of carbonyl (C=O) groups is 1. The van der Waals surface area contributed by atoms with Gasteiger partial charge in [-0.1, -0.05) is 23.8 Å². The largest absolute Gasteiger partial charge is 0.468 e. The monoisotopic (exact) mass is 383 g/mol. The number of aryl methyl sites for hydroxylation is 3. The molecule has 6 heteroatoms. The summed E-state index contributed by atoms with van der Waals surface area (Å²) in [4.78, 5) is 20.1. The van der Waals surface area contributed by atoms with E-state index in [1.54, 1.807) is 6.26 Å². The van der Waals surface area contributed by atoms with Gasteiger partial charge in [0.15, 0.2) is 0 Å². The Morgan fingerprint density at radius 3 is 2.67 bits per heavy atom. The van der Waals surface area contributed by atoms with E-state index in [0.29, 0.717) is 11.4 Å². The molecule has 3 rings (SSSR count). The lowest BCUT2D eigenvalue weighted by atomic mass is 10.1. The molecule has 142 valence electrons. The van der Waals surface area contributed by atoms with E-state index in [0.717, 1.165) is 22.0 Å². The third kappa shape index (κ3) is 4.28. The maximum atomic E-state index is 12.8. The lowest BCUT2D eigenvalue weighted by Gasteiger charge is -2.22. The Kier molecular flexibility index (Phi) is 5.77. The normalized spacial score (nSPS) is 12.4. The van der Waals surface area contributed by atoms with Crippen molar-refractivity contribution in [3.63, 3.8) is 0 Å². The molecule has 0 aliphatic rings. The van der Waals surface area contributed by atoms with Crippen molar-refractivity contribution in [2.24, 2.45) is 0 Å². The highest BCUT2D eigenvalue weighted by Gasteiger charge is 2.21. The van der Waals surface area contributed by atoms with E-state index >= 15 is 0 Å². The first-order valence-electron chi connectivity index (χ1n) is 8.90. The number of nitrogens with zero attached hydrogens (tertiary/aromatic N) is 2. The molecule has 27 heavy (non-hydrogen) atoms. The Morgan fingerprint density at radius 2 is 2.04 bits per heavy atom. The molecule has 0 bridgehead atoms. The fourth-order valence-electron chi connectivity index (χ4n) is 3.06. The molecule has 0 fully saturated rings. The number of hydrogen-bond donors (Lipinski definition) is 1. The number of aromatic nitrogens is 1. The molecule has 5 nitrogen and oxygen atoms in total. The summed E-state index contributed by atoms with van der Waals surface area (Å²) >= 11 is 1.44. The number of benzene rings is 1. The first-order valence-corrected chi connectivity index (χ1v) is 9.71. The van der Waals surface area contributed by atoms with E-state index in [2.05, 4.69) is 42.3 Å². The molecular formula is C21H25N3O2S. The van der Waals surface area contributed by atoms with E-state index < -0.39 is 0 Å². The first-order chi connectivity index (χ1) is 12.9. The van der Waals surface area contributed by atoms with Gasteiger partial charge in [0.05, 0.1) is 18.0 Å². The predicted molar refractivity (Wildman–Crippen MR) is 109 cm³/mol. The van der Waals surface area contributed by atoms with Crippen LogP contribution in [0.25, 0.3) is 10.6 Å². The smallest absolute Gasteiger partial charge is 0.263 e. The maximum absolute atomic E-state index is 12.8. The second-order valence-electron chi connectivity index (χ2n) is 6.96. The van der Waals surface area contributed by atoms with Crippen LogP contribution in [0.5, 0.6) is 0 Å². The van der Waals surface area contributed by atoms with Crippen LogP contribution in [-0.2, 0) is 0 Å². The minimum Gasteiger partial charge on any atom is -0.468 e. The van der Waals surface area contributed by atoms with E-state index in [4.69, 9.17) is 4.42 Å². The molecule has 1 atom stereocenters. The van der Waals surface area contributed by atoms with Gasteiger partial charge in [0, 0.05) is 12.1 Å². The Labute approximate surface area is 164 Å². The van der Waals surface area contributed by atoms with Gasteiger partial charge in [-0.3, -0.25) is 9.69 Å². The fourth-order valence-corrected chi connectivity index (χ4v) is 4.14. The molecule has 2 aromatic heterocycles. The molecule has 0 radical (unpaired) electrons. The highest BCUT2D eigenvalue weighted by atomic mass is 32.1. The van der Waals surface area contributed by atoms with Crippen LogP contribution in [0.4, 0.5) is 0 Å². The van der Waals surface area contributed by atoms with Crippen LogP contribution in [0.2, 0.25) is 0 Å². The first kappa shape index (κ1) is 19.3. The number of rotatable bonds is 6. The van der Waals surface area contributed by atoms with Crippen molar-refractivity contribution >= 4 is 17.2 Å². The van der Waals surface area contributed by atoms with E-state index in [-0.39, 0.29) is 11.9 Å². The summed E-state index contributed by atoms with van der Waals surface area (Å²) in [6, 6.07) is 10.0. The zero-order chi connectivity index (χ0) is 19.6. The summed E-state index contributed by atoms with van der Waals surface area (Å²) in [7, 11) is 3.94. The molecule has 0 saturated carbocycles. The Bertz CT molecular complexity index is 929. The number of likely N-dealkylation sites (N-methyl/N-ethyl adjacent to an activating group) is 1. The van der Waals surface area contributed by atoms with Crippen molar-refractivity contribution in [3.8, 4) is 10.6 Å². The Morgan fingerprint density at radius 1 is 1.26 bits per heavy atom. The Balaban J connectivity index is 1.76. The highest BCUT2D eigenvalue weighted by molar-refractivity contribution is 7.17. The van der Waals surface area contributed by atoms with Gasteiger partial charge >= 0.3 is 0 Å². The van der Waals surface area contributed by atoms with Crippen molar-refractivity contribution in [2.45, 2.75) is 26.8 Å².